The van der Waals surface area contributed by atoms with Gasteiger partial charge < -0.3 is 16.9 Å². The molecule has 0 saturated heterocycles. The number of rotatable bonds is 4. The molecule has 104 valence electrons. The molecule has 1 heterocycles. The molecule has 20 heavy (non-hydrogen) atoms. The highest BCUT2D eigenvalue weighted by Crippen LogP contribution is 2.20. The summed E-state index contributed by atoms with van der Waals surface area (Å²) in [6.07, 6.45) is 3.16. The molecule has 0 saturated carbocycles. The van der Waals surface area contributed by atoms with E-state index in [4.69, 9.17) is 16.9 Å². The first-order chi connectivity index (χ1) is 9.52. The minimum Gasteiger partial charge on any atom is -0.396 e. The van der Waals surface area contributed by atoms with Crippen LogP contribution in [0.5, 0.6) is 0 Å². The zero-order chi connectivity index (χ0) is 14.7. The topological polar surface area (TPSA) is 88.8 Å². The molecule has 2 rings (SSSR count). The van der Waals surface area contributed by atoms with Gasteiger partial charge in [-0.25, -0.2) is 13.8 Å². The lowest BCUT2D eigenvalue weighted by molar-refractivity contribution is 0.557. The number of aryl methyl sites for hydroxylation is 1. The smallest absolute Gasteiger partial charge is 0.152 e. The number of nitrogens with zero attached hydrogens (tertiary/aromatic N) is 1. The van der Waals surface area contributed by atoms with Crippen molar-refractivity contribution >= 4 is 17.7 Å². The van der Waals surface area contributed by atoms with E-state index >= 15 is 0 Å². The number of nitrogens with one attached hydrogen (secondary N) is 1. The van der Waals surface area contributed by atoms with E-state index in [9.17, 15) is 8.78 Å². The minimum absolute atomic E-state index is 0.0433. The molecule has 1 aromatic heterocycles. The van der Waals surface area contributed by atoms with Crippen LogP contribution in [0, 0.1) is 17.0 Å². The van der Waals surface area contributed by atoms with E-state index in [0.29, 0.717) is 12.0 Å². The van der Waals surface area contributed by atoms with E-state index in [0.717, 1.165) is 17.8 Å². The molecule has 2 aromatic rings. The van der Waals surface area contributed by atoms with Crippen molar-refractivity contribution in [2.75, 3.05) is 11.5 Å². The van der Waals surface area contributed by atoms with Crippen molar-refractivity contribution < 1.29 is 8.78 Å². The molecule has 0 amide bonds. The average Bonchev–Trinajstić information content (AvgIpc) is 2.44. The van der Waals surface area contributed by atoms with Crippen molar-refractivity contribution in [3.8, 4) is 0 Å². The molecule has 6 heteroatoms. The Kier molecular flexibility index (Phi) is 3.93. The van der Waals surface area contributed by atoms with Gasteiger partial charge in [0, 0.05) is 23.5 Å². The van der Waals surface area contributed by atoms with Gasteiger partial charge in [0.25, 0.3) is 0 Å². The number of aromatic nitrogens is 1. The van der Waals surface area contributed by atoms with Crippen molar-refractivity contribution in [1.29, 1.82) is 5.41 Å². The van der Waals surface area contributed by atoms with Gasteiger partial charge in [0.05, 0.1) is 5.69 Å². The lowest BCUT2D eigenvalue weighted by Crippen LogP contribution is -2.04. The highest BCUT2D eigenvalue weighted by Gasteiger charge is 2.12. The number of hydrogen-bond acceptors (Lipinski definition) is 4. The van der Waals surface area contributed by atoms with Crippen LogP contribution < -0.4 is 11.5 Å². The van der Waals surface area contributed by atoms with Gasteiger partial charge in [0.1, 0.15) is 11.6 Å². The number of benzene rings is 1. The fraction of sp³-hybridized carbons (Fsp3) is 0.143. The van der Waals surface area contributed by atoms with Crippen molar-refractivity contribution in [2.45, 2.75) is 12.8 Å². The Morgan fingerprint density at radius 3 is 2.65 bits per heavy atom. The predicted octanol–water partition coefficient (Wildman–Crippen LogP) is 2.31. The highest BCUT2D eigenvalue weighted by atomic mass is 19.1. The zero-order valence-corrected chi connectivity index (χ0v) is 10.7. The Bertz CT molecular complexity index is 656. The number of hydrogen-bond donors (Lipinski definition) is 3. The summed E-state index contributed by atoms with van der Waals surface area (Å²) >= 11 is 0. The Morgan fingerprint density at radius 1 is 1.20 bits per heavy atom. The number of halogens is 2. The van der Waals surface area contributed by atoms with Crippen molar-refractivity contribution in [2.24, 2.45) is 0 Å². The van der Waals surface area contributed by atoms with Gasteiger partial charge in [-0.15, -0.1) is 0 Å². The van der Waals surface area contributed by atoms with Gasteiger partial charge in [-0.05, 0) is 36.6 Å². The summed E-state index contributed by atoms with van der Waals surface area (Å²) in [5.41, 5.74) is 12.1. The molecule has 1 aromatic carbocycles. The van der Waals surface area contributed by atoms with Crippen LogP contribution in [0.15, 0.2) is 24.4 Å². The predicted molar refractivity (Wildman–Crippen MR) is 74.7 cm³/mol. The largest absolute Gasteiger partial charge is 0.396 e. The number of nitrogens with two attached hydrogens (primary N) is 2. The Morgan fingerprint density at radius 2 is 1.95 bits per heavy atom. The van der Waals surface area contributed by atoms with E-state index < -0.39 is 11.6 Å². The van der Waals surface area contributed by atoms with Crippen LogP contribution in [0.4, 0.5) is 20.3 Å². The summed E-state index contributed by atoms with van der Waals surface area (Å²) in [7, 11) is 0. The molecule has 0 spiro atoms. The van der Waals surface area contributed by atoms with Crippen LogP contribution in [0.25, 0.3) is 0 Å². The maximum atomic E-state index is 13.7. The van der Waals surface area contributed by atoms with E-state index in [2.05, 4.69) is 4.98 Å². The third-order valence-corrected chi connectivity index (χ3v) is 3.04. The van der Waals surface area contributed by atoms with Gasteiger partial charge >= 0.3 is 0 Å². The highest BCUT2D eigenvalue weighted by molar-refractivity contribution is 5.83. The SMILES string of the molecule is N=Cc1cc(CCc2c(F)ccc(N)c2F)cnc1N. The first-order valence-electron chi connectivity index (χ1n) is 6.00. The standard InChI is InChI=1S/C14H14F2N4/c15-11-3-4-12(18)13(16)10(11)2-1-8-5-9(6-17)14(19)20-7-8/h3-7,17H,1-2,18H2,(H2,19,20). The summed E-state index contributed by atoms with van der Waals surface area (Å²) < 4.78 is 27.3. The molecule has 0 atom stereocenters. The Hall–Kier alpha value is -2.50. The molecule has 0 bridgehead atoms. The fourth-order valence-electron chi connectivity index (χ4n) is 1.90. The van der Waals surface area contributed by atoms with Crippen molar-refractivity contribution in [3.05, 3.63) is 52.7 Å². The molecule has 0 radical (unpaired) electrons. The average molecular weight is 276 g/mol. The second kappa shape index (κ2) is 5.64. The number of anilines is 2. The van der Waals surface area contributed by atoms with Gasteiger partial charge in [-0.3, -0.25) is 0 Å². The first-order valence-corrected chi connectivity index (χ1v) is 6.00. The molecule has 0 aliphatic rings. The molecule has 0 fully saturated rings. The van der Waals surface area contributed by atoms with Crippen molar-refractivity contribution in [1.82, 2.24) is 4.98 Å². The van der Waals surface area contributed by atoms with Crippen LogP contribution >= 0.6 is 0 Å². The molecule has 0 aliphatic heterocycles. The van der Waals surface area contributed by atoms with Gasteiger partial charge in [-0.2, -0.15) is 0 Å². The van der Waals surface area contributed by atoms with Crippen LogP contribution in [-0.2, 0) is 12.8 Å². The quantitative estimate of drug-likeness (QED) is 0.591. The third-order valence-electron chi connectivity index (χ3n) is 3.04. The molecule has 0 unspecified atom stereocenters. The molecule has 0 aliphatic carbocycles. The normalized spacial score (nSPS) is 10.5. The summed E-state index contributed by atoms with van der Waals surface area (Å²) in [4.78, 5) is 3.94. The second-order valence-corrected chi connectivity index (χ2v) is 4.39. The lowest BCUT2D eigenvalue weighted by Gasteiger charge is -2.08. The van der Waals surface area contributed by atoms with Crippen LogP contribution in [0.1, 0.15) is 16.7 Å². The maximum Gasteiger partial charge on any atom is 0.152 e. The van der Waals surface area contributed by atoms with E-state index in [-0.39, 0.29) is 23.5 Å². The number of pyridine rings is 1. The monoisotopic (exact) mass is 276 g/mol. The molecular weight excluding hydrogens is 262 g/mol. The van der Waals surface area contributed by atoms with Gasteiger partial charge in [0.2, 0.25) is 0 Å². The van der Waals surface area contributed by atoms with Crippen LogP contribution in [0.3, 0.4) is 0 Å². The van der Waals surface area contributed by atoms with Gasteiger partial charge in [0.15, 0.2) is 5.82 Å². The summed E-state index contributed by atoms with van der Waals surface area (Å²) in [6, 6.07) is 4.03. The fourth-order valence-corrected chi connectivity index (χ4v) is 1.90. The Labute approximate surface area is 114 Å². The second-order valence-electron chi connectivity index (χ2n) is 4.39. The minimum atomic E-state index is -0.722. The third kappa shape index (κ3) is 2.74. The molecule has 5 N–H and O–H groups in total. The maximum absolute atomic E-state index is 13.7. The first kappa shape index (κ1) is 13.9. The van der Waals surface area contributed by atoms with Crippen LogP contribution in [-0.4, -0.2) is 11.2 Å². The molecule has 4 nitrogen and oxygen atoms in total. The Balaban J connectivity index is 2.21. The van der Waals surface area contributed by atoms with Gasteiger partial charge in [-0.1, -0.05) is 0 Å². The zero-order valence-electron chi connectivity index (χ0n) is 10.7. The molecular formula is C14H14F2N4. The van der Waals surface area contributed by atoms with E-state index in [1.807, 2.05) is 0 Å². The van der Waals surface area contributed by atoms with E-state index in [1.165, 1.54) is 12.3 Å². The van der Waals surface area contributed by atoms with Crippen LogP contribution in [0.2, 0.25) is 0 Å². The summed E-state index contributed by atoms with van der Waals surface area (Å²) in [6.45, 7) is 0. The summed E-state index contributed by atoms with van der Waals surface area (Å²) in [5.74, 6) is -1.09. The summed E-state index contributed by atoms with van der Waals surface area (Å²) in [5, 5.41) is 7.19. The lowest BCUT2D eigenvalue weighted by atomic mass is 10.0. The number of nitrogen functional groups attached to an aromatic ring is 2. The van der Waals surface area contributed by atoms with E-state index in [1.54, 1.807) is 6.07 Å². The van der Waals surface area contributed by atoms with Crippen molar-refractivity contribution in [3.63, 3.8) is 0 Å².